The maximum Gasteiger partial charge on any atom is 0.347 e. The van der Waals surface area contributed by atoms with Crippen molar-refractivity contribution in [2.75, 3.05) is 0 Å². The first-order valence-electron chi connectivity index (χ1n) is 6.37. The van der Waals surface area contributed by atoms with E-state index in [0.29, 0.717) is 32.1 Å². The second-order valence-electron chi connectivity index (χ2n) is 4.59. The number of carbonyl (C=O) groups excluding carboxylic acids is 2. The lowest BCUT2D eigenvalue weighted by atomic mass is 10.2. The second kappa shape index (κ2) is 6.04. The molecule has 7 nitrogen and oxygen atoms in total. The number of urea groups is 1. The van der Waals surface area contributed by atoms with E-state index in [2.05, 4.69) is 5.10 Å². The van der Waals surface area contributed by atoms with E-state index in [0.717, 1.165) is 0 Å². The van der Waals surface area contributed by atoms with Gasteiger partial charge in [0.1, 0.15) is 11.5 Å². The van der Waals surface area contributed by atoms with Gasteiger partial charge in [-0.2, -0.15) is 10.1 Å². The van der Waals surface area contributed by atoms with E-state index in [9.17, 15) is 14.7 Å². The van der Waals surface area contributed by atoms with Crippen molar-refractivity contribution in [3.05, 3.63) is 46.1 Å². The highest BCUT2D eigenvalue weighted by Gasteiger charge is 2.37. The van der Waals surface area contributed by atoms with Crippen LogP contribution in [0.1, 0.15) is 5.76 Å². The number of carbonyl (C=O) groups is 2. The fourth-order valence-corrected chi connectivity index (χ4v) is 2.21. The fraction of sp³-hybridized carbons (Fsp3) is 0.0714. The lowest BCUT2D eigenvalue weighted by molar-refractivity contribution is -0.130. The number of furan rings is 1. The molecule has 1 atom stereocenters. The predicted molar refractivity (Wildman–Crippen MR) is 83.1 cm³/mol. The number of nitrogens with zero attached hydrogens (tertiary/aromatic N) is 2. The maximum absolute atomic E-state index is 11.4. The lowest BCUT2D eigenvalue weighted by Crippen LogP contribution is -2.30. The Balaban J connectivity index is 1.79. The van der Waals surface area contributed by atoms with Gasteiger partial charge in [-0.15, -0.1) is 0 Å². The van der Waals surface area contributed by atoms with Crippen LogP contribution in [0.15, 0.2) is 39.9 Å². The molecule has 3 rings (SSSR count). The van der Waals surface area contributed by atoms with Crippen LogP contribution in [0.3, 0.4) is 0 Å². The smallest absolute Gasteiger partial charge is 0.347 e. The largest absolute Gasteiger partial charge is 0.455 e. The van der Waals surface area contributed by atoms with Crippen LogP contribution in [0.5, 0.6) is 0 Å². The SMILES string of the molecule is O=C1NC(=O)N(/N=C\c2ccc(-c3ccc(Cl)c(Cl)c3)o2)[C@@H]1O. The van der Waals surface area contributed by atoms with E-state index in [4.69, 9.17) is 27.6 Å². The molecule has 23 heavy (non-hydrogen) atoms. The van der Waals surface area contributed by atoms with Crippen LogP contribution in [0, 0.1) is 0 Å². The van der Waals surface area contributed by atoms with E-state index in [-0.39, 0.29) is 0 Å². The van der Waals surface area contributed by atoms with Crippen molar-refractivity contribution in [1.82, 2.24) is 10.3 Å². The van der Waals surface area contributed by atoms with Gasteiger partial charge in [-0.25, -0.2) is 4.79 Å². The van der Waals surface area contributed by atoms with Gasteiger partial charge in [0, 0.05) is 5.56 Å². The fourth-order valence-electron chi connectivity index (χ4n) is 1.91. The average Bonchev–Trinajstić information content (AvgIpc) is 3.07. The minimum atomic E-state index is -1.65. The molecule has 0 saturated carbocycles. The lowest BCUT2D eigenvalue weighted by Gasteiger charge is -2.08. The van der Waals surface area contributed by atoms with E-state index >= 15 is 0 Å². The highest BCUT2D eigenvalue weighted by atomic mass is 35.5. The van der Waals surface area contributed by atoms with Crippen molar-refractivity contribution < 1.29 is 19.1 Å². The van der Waals surface area contributed by atoms with Gasteiger partial charge in [0.15, 0.2) is 0 Å². The van der Waals surface area contributed by atoms with Crippen LogP contribution < -0.4 is 5.32 Å². The first-order chi connectivity index (χ1) is 11.0. The number of hydrogen-bond donors (Lipinski definition) is 2. The van der Waals surface area contributed by atoms with Crippen LogP contribution in [0.4, 0.5) is 4.79 Å². The number of imide groups is 1. The van der Waals surface area contributed by atoms with Gasteiger partial charge in [-0.1, -0.05) is 23.2 Å². The molecule has 2 aromatic rings. The van der Waals surface area contributed by atoms with Gasteiger partial charge in [-0.05, 0) is 30.3 Å². The number of rotatable bonds is 3. The van der Waals surface area contributed by atoms with Crippen LogP contribution in [-0.2, 0) is 4.79 Å². The van der Waals surface area contributed by atoms with Gasteiger partial charge in [-0.3, -0.25) is 10.1 Å². The summed E-state index contributed by atoms with van der Waals surface area (Å²) < 4.78 is 5.55. The van der Waals surface area contributed by atoms with Crippen molar-refractivity contribution in [2.24, 2.45) is 5.10 Å². The quantitative estimate of drug-likeness (QED) is 0.654. The number of aliphatic hydroxyl groups is 1. The zero-order chi connectivity index (χ0) is 16.6. The zero-order valence-corrected chi connectivity index (χ0v) is 12.9. The minimum absolute atomic E-state index is 0.324. The van der Waals surface area contributed by atoms with Crippen molar-refractivity contribution in [2.45, 2.75) is 6.23 Å². The number of halogens is 2. The van der Waals surface area contributed by atoms with Crippen molar-refractivity contribution in [1.29, 1.82) is 0 Å². The molecule has 1 aliphatic rings. The Morgan fingerprint density at radius 1 is 1.22 bits per heavy atom. The molecular formula is C14H9Cl2N3O4. The third-order valence-corrected chi connectivity index (χ3v) is 3.78. The van der Waals surface area contributed by atoms with Gasteiger partial charge < -0.3 is 9.52 Å². The molecule has 3 amide bonds. The molecule has 118 valence electrons. The standard InChI is InChI=1S/C14H9Cl2N3O4/c15-9-3-1-7(5-10(9)16)11-4-2-8(23-11)6-17-19-13(21)12(20)18-14(19)22/h1-6,13,21H,(H,18,20,22)/b17-6-/t13-/m1/s1. The molecule has 2 N–H and O–H groups in total. The zero-order valence-electron chi connectivity index (χ0n) is 11.4. The molecule has 1 aromatic heterocycles. The van der Waals surface area contributed by atoms with Crippen LogP contribution >= 0.6 is 23.2 Å². The van der Waals surface area contributed by atoms with Crippen LogP contribution in [0.25, 0.3) is 11.3 Å². The Morgan fingerprint density at radius 2 is 2.00 bits per heavy atom. The van der Waals surface area contributed by atoms with Gasteiger partial charge >= 0.3 is 6.03 Å². The Morgan fingerprint density at radius 3 is 2.65 bits per heavy atom. The molecule has 0 aliphatic carbocycles. The molecular weight excluding hydrogens is 345 g/mol. The molecule has 0 spiro atoms. The molecule has 0 unspecified atom stereocenters. The van der Waals surface area contributed by atoms with E-state index < -0.39 is 18.2 Å². The van der Waals surface area contributed by atoms with Crippen LogP contribution in [0.2, 0.25) is 10.0 Å². The Hall–Kier alpha value is -2.35. The summed E-state index contributed by atoms with van der Waals surface area (Å²) in [4.78, 5) is 22.5. The normalized spacial score (nSPS) is 18.0. The first-order valence-corrected chi connectivity index (χ1v) is 7.12. The minimum Gasteiger partial charge on any atom is -0.455 e. The molecule has 1 aliphatic heterocycles. The van der Waals surface area contributed by atoms with Crippen molar-refractivity contribution >= 4 is 41.4 Å². The van der Waals surface area contributed by atoms with Crippen LogP contribution in [-0.4, -0.2) is 34.5 Å². The third-order valence-electron chi connectivity index (χ3n) is 3.04. The molecule has 1 saturated heterocycles. The van der Waals surface area contributed by atoms with Crippen molar-refractivity contribution in [3.8, 4) is 11.3 Å². The Bertz CT molecular complexity index is 818. The predicted octanol–water partition coefficient (Wildman–Crippen LogP) is 2.46. The average molecular weight is 354 g/mol. The van der Waals surface area contributed by atoms with Gasteiger partial charge in [0.05, 0.1) is 16.3 Å². The molecule has 1 fully saturated rings. The highest BCUT2D eigenvalue weighted by molar-refractivity contribution is 6.42. The van der Waals surface area contributed by atoms with Gasteiger partial charge in [0.2, 0.25) is 6.23 Å². The topological polar surface area (TPSA) is 95.1 Å². The summed E-state index contributed by atoms with van der Waals surface area (Å²) in [5, 5.41) is 16.6. The number of hydrazone groups is 1. The molecule has 9 heteroatoms. The van der Waals surface area contributed by atoms with Gasteiger partial charge in [0.25, 0.3) is 5.91 Å². The monoisotopic (exact) mass is 353 g/mol. The summed E-state index contributed by atoms with van der Waals surface area (Å²) in [6, 6.07) is 7.53. The summed E-state index contributed by atoms with van der Waals surface area (Å²) in [5.74, 6) is 0.0148. The first kappa shape index (κ1) is 15.5. The summed E-state index contributed by atoms with van der Waals surface area (Å²) in [5.41, 5.74) is 0.716. The molecule has 2 heterocycles. The molecule has 1 aromatic carbocycles. The number of aliphatic hydroxyl groups excluding tert-OH is 1. The molecule has 0 bridgehead atoms. The highest BCUT2D eigenvalue weighted by Crippen LogP contribution is 2.29. The number of benzene rings is 1. The van der Waals surface area contributed by atoms with Crippen molar-refractivity contribution in [3.63, 3.8) is 0 Å². The summed E-state index contributed by atoms with van der Waals surface area (Å²) in [7, 11) is 0. The van der Waals surface area contributed by atoms with E-state index in [1.807, 2.05) is 5.32 Å². The summed E-state index contributed by atoms with van der Waals surface area (Å²) in [6.07, 6.45) is -0.439. The number of hydrogen-bond acceptors (Lipinski definition) is 5. The third kappa shape index (κ3) is 3.07. The second-order valence-corrected chi connectivity index (χ2v) is 5.40. The Kier molecular flexibility index (Phi) is 4.08. The number of amides is 3. The Labute approximate surface area is 140 Å². The summed E-state index contributed by atoms with van der Waals surface area (Å²) >= 11 is 11.8. The van der Waals surface area contributed by atoms with E-state index in [1.165, 1.54) is 6.21 Å². The summed E-state index contributed by atoms with van der Waals surface area (Å²) in [6.45, 7) is 0. The molecule has 0 radical (unpaired) electrons. The maximum atomic E-state index is 11.4. The number of nitrogens with one attached hydrogen (secondary N) is 1. The van der Waals surface area contributed by atoms with E-state index in [1.54, 1.807) is 30.3 Å².